The number of aromatic amines is 1. The quantitative estimate of drug-likeness (QED) is 0.695. The van der Waals surface area contributed by atoms with Crippen LogP contribution in [0, 0.1) is 18.3 Å². The first-order chi connectivity index (χ1) is 14.4. The third-order valence-corrected chi connectivity index (χ3v) is 5.62. The Morgan fingerprint density at radius 1 is 1.23 bits per heavy atom. The molecule has 1 amide bonds. The number of piperidine rings is 1. The molecule has 0 bridgehead atoms. The molecule has 0 saturated carbocycles. The summed E-state index contributed by atoms with van der Waals surface area (Å²) in [5.41, 5.74) is 7.33. The maximum atomic E-state index is 15.5. The van der Waals surface area contributed by atoms with Crippen molar-refractivity contribution in [2.45, 2.75) is 25.4 Å². The van der Waals surface area contributed by atoms with Gasteiger partial charge in [-0.25, -0.2) is 4.39 Å². The number of anilines is 1. The number of rotatable bonds is 3. The third kappa shape index (κ3) is 3.62. The molecule has 0 spiro atoms. The number of hydrogen-bond acceptors (Lipinski definition) is 5. The van der Waals surface area contributed by atoms with E-state index in [1.54, 1.807) is 41.3 Å². The lowest BCUT2D eigenvalue weighted by Crippen LogP contribution is -2.43. The lowest BCUT2D eigenvalue weighted by atomic mass is 9.85. The highest BCUT2D eigenvalue weighted by molar-refractivity contribution is 5.95. The van der Waals surface area contributed by atoms with Crippen molar-refractivity contribution >= 4 is 11.9 Å². The fraction of sp³-hybridized carbons (Fsp3) is 0.273. The molecule has 3 N–H and O–H groups in total. The molecule has 0 unspecified atom stereocenters. The fourth-order valence-corrected chi connectivity index (χ4v) is 3.78. The zero-order valence-electron chi connectivity index (χ0n) is 16.5. The standard InChI is InChI=1S/C22H21FN6O/c1-14-2-5-16(12-18(14)19-26-21(25)28-27-19)20(30)29-10-8-22(23,9-11-29)17-6-3-15(13-24)4-7-17/h2-7,12H,8-11H2,1H3,(H3,25,26,27,28). The van der Waals surface area contributed by atoms with Gasteiger partial charge in [-0.05, 0) is 42.3 Å². The van der Waals surface area contributed by atoms with Gasteiger partial charge in [-0.3, -0.25) is 9.89 Å². The number of halogens is 1. The maximum absolute atomic E-state index is 15.5. The number of aryl methyl sites for hydroxylation is 1. The predicted molar refractivity (Wildman–Crippen MR) is 110 cm³/mol. The first-order valence-corrected chi connectivity index (χ1v) is 9.67. The molecule has 30 heavy (non-hydrogen) atoms. The van der Waals surface area contributed by atoms with Crippen molar-refractivity contribution in [3.63, 3.8) is 0 Å². The van der Waals surface area contributed by atoms with Gasteiger partial charge in [0.15, 0.2) is 5.82 Å². The Morgan fingerprint density at radius 2 is 1.93 bits per heavy atom. The monoisotopic (exact) mass is 404 g/mol. The third-order valence-electron chi connectivity index (χ3n) is 5.62. The molecule has 8 heteroatoms. The van der Waals surface area contributed by atoms with Crippen LogP contribution in [0.3, 0.4) is 0 Å². The summed E-state index contributed by atoms with van der Waals surface area (Å²) in [5, 5.41) is 15.5. The summed E-state index contributed by atoms with van der Waals surface area (Å²) in [4.78, 5) is 18.8. The largest absolute Gasteiger partial charge is 0.366 e. The zero-order chi connectivity index (χ0) is 21.3. The second-order valence-electron chi connectivity index (χ2n) is 7.52. The van der Waals surface area contributed by atoms with Crippen molar-refractivity contribution < 1.29 is 9.18 Å². The minimum absolute atomic E-state index is 0.138. The number of nitrogens with zero attached hydrogens (tertiary/aromatic N) is 4. The minimum Gasteiger partial charge on any atom is -0.366 e. The smallest absolute Gasteiger partial charge is 0.253 e. The van der Waals surface area contributed by atoms with E-state index in [4.69, 9.17) is 11.0 Å². The number of benzene rings is 2. The highest BCUT2D eigenvalue weighted by atomic mass is 19.1. The molecular formula is C22H21FN6O. The Balaban J connectivity index is 1.50. The SMILES string of the molecule is Cc1ccc(C(=O)N2CCC(F)(c3ccc(C#N)cc3)CC2)cc1-c1nc(N)n[nH]1. The molecule has 2 heterocycles. The van der Waals surface area contributed by atoms with Gasteiger partial charge in [-0.2, -0.15) is 10.2 Å². The molecule has 7 nitrogen and oxygen atoms in total. The number of nitriles is 1. The Kier molecular flexibility index (Phi) is 4.96. The number of nitrogen functional groups attached to an aromatic ring is 1. The van der Waals surface area contributed by atoms with Crippen LogP contribution in [-0.2, 0) is 5.67 Å². The van der Waals surface area contributed by atoms with Crippen LogP contribution >= 0.6 is 0 Å². The molecular weight excluding hydrogens is 383 g/mol. The summed E-state index contributed by atoms with van der Waals surface area (Å²) in [7, 11) is 0. The first-order valence-electron chi connectivity index (χ1n) is 9.67. The summed E-state index contributed by atoms with van der Waals surface area (Å²) in [5.74, 6) is 0.492. The molecule has 152 valence electrons. The number of nitrogens with two attached hydrogens (primary N) is 1. The van der Waals surface area contributed by atoms with E-state index in [0.29, 0.717) is 35.6 Å². The fourth-order valence-electron chi connectivity index (χ4n) is 3.78. The molecule has 1 saturated heterocycles. The van der Waals surface area contributed by atoms with Gasteiger partial charge in [0.2, 0.25) is 5.95 Å². The highest BCUT2D eigenvalue weighted by Crippen LogP contribution is 2.37. The predicted octanol–water partition coefficient (Wildman–Crippen LogP) is 3.34. The molecule has 0 radical (unpaired) electrons. The summed E-state index contributed by atoms with van der Waals surface area (Å²) < 4.78 is 15.5. The van der Waals surface area contributed by atoms with E-state index in [1.807, 2.05) is 19.1 Å². The van der Waals surface area contributed by atoms with Crippen LogP contribution in [0.4, 0.5) is 10.3 Å². The molecule has 1 fully saturated rings. The average molecular weight is 404 g/mol. The van der Waals surface area contributed by atoms with Gasteiger partial charge in [-0.1, -0.05) is 18.2 Å². The summed E-state index contributed by atoms with van der Waals surface area (Å²) in [6, 6.07) is 14.0. The Labute approximate surface area is 173 Å². The van der Waals surface area contributed by atoms with Crippen molar-refractivity contribution in [1.29, 1.82) is 5.26 Å². The van der Waals surface area contributed by atoms with Crippen LogP contribution in [0.1, 0.15) is 39.9 Å². The number of hydrogen-bond donors (Lipinski definition) is 2. The summed E-state index contributed by atoms with van der Waals surface area (Å²) >= 11 is 0. The molecule has 4 rings (SSSR count). The maximum Gasteiger partial charge on any atom is 0.253 e. The van der Waals surface area contributed by atoms with Crippen molar-refractivity contribution in [3.05, 3.63) is 64.7 Å². The van der Waals surface area contributed by atoms with E-state index in [1.165, 1.54) is 0 Å². The van der Waals surface area contributed by atoms with E-state index in [-0.39, 0.29) is 24.7 Å². The van der Waals surface area contributed by atoms with Crippen LogP contribution < -0.4 is 5.73 Å². The first kappa shape index (κ1) is 19.6. The van der Waals surface area contributed by atoms with Crippen LogP contribution in [0.25, 0.3) is 11.4 Å². The molecule has 0 atom stereocenters. The number of aromatic nitrogens is 3. The number of amides is 1. The van der Waals surface area contributed by atoms with Crippen molar-refractivity contribution in [2.75, 3.05) is 18.8 Å². The van der Waals surface area contributed by atoms with Gasteiger partial charge < -0.3 is 10.6 Å². The Hall–Kier alpha value is -3.73. The average Bonchev–Trinajstić information content (AvgIpc) is 3.20. The molecule has 1 aliphatic rings. The normalized spacial score (nSPS) is 15.6. The second kappa shape index (κ2) is 7.59. The van der Waals surface area contributed by atoms with E-state index < -0.39 is 5.67 Å². The molecule has 1 aliphatic heterocycles. The number of carbonyl (C=O) groups is 1. The van der Waals surface area contributed by atoms with Gasteiger partial charge in [0.25, 0.3) is 5.91 Å². The molecule has 2 aromatic carbocycles. The molecule has 3 aromatic rings. The minimum atomic E-state index is -1.50. The van der Waals surface area contributed by atoms with Crippen molar-refractivity contribution in [3.8, 4) is 17.5 Å². The van der Waals surface area contributed by atoms with Gasteiger partial charge in [0.1, 0.15) is 5.67 Å². The number of nitrogens with one attached hydrogen (secondary N) is 1. The topological polar surface area (TPSA) is 112 Å². The van der Waals surface area contributed by atoms with E-state index >= 15 is 4.39 Å². The lowest BCUT2D eigenvalue weighted by Gasteiger charge is -2.36. The zero-order valence-corrected chi connectivity index (χ0v) is 16.5. The number of alkyl halides is 1. The van der Waals surface area contributed by atoms with Crippen LogP contribution in [0.5, 0.6) is 0 Å². The Bertz CT molecular complexity index is 1120. The van der Waals surface area contributed by atoms with Gasteiger partial charge in [0.05, 0.1) is 11.6 Å². The number of H-pyrrole nitrogens is 1. The van der Waals surface area contributed by atoms with Crippen molar-refractivity contribution in [2.24, 2.45) is 0 Å². The number of likely N-dealkylation sites (tertiary alicyclic amines) is 1. The lowest BCUT2D eigenvalue weighted by molar-refractivity contribution is 0.0421. The molecule has 1 aromatic heterocycles. The van der Waals surface area contributed by atoms with E-state index in [0.717, 1.165) is 11.1 Å². The second-order valence-corrected chi connectivity index (χ2v) is 7.52. The van der Waals surface area contributed by atoms with Gasteiger partial charge >= 0.3 is 0 Å². The highest BCUT2D eigenvalue weighted by Gasteiger charge is 2.37. The van der Waals surface area contributed by atoms with Gasteiger partial charge in [0, 0.05) is 37.1 Å². The molecule has 0 aliphatic carbocycles. The van der Waals surface area contributed by atoms with Crippen LogP contribution in [0.15, 0.2) is 42.5 Å². The van der Waals surface area contributed by atoms with Gasteiger partial charge in [-0.15, -0.1) is 5.10 Å². The van der Waals surface area contributed by atoms with E-state index in [2.05, 4.69) is 15.2 Å². The van der Waals surface area contributed by atoms with Crippen molar-refractivity contribution in [1.82, 2.24) is 20.1 Å². The van der Waals surface area contributed by atoms with E-state index in [9.17, 15) is 4.79 Å². The van der Waals surface area contributed by atoms with Crippen LogP contribution in [0.2, 0.25) is 0 Å². The summed E-state index contributed by atoms with van der Waals surface area (Å²) in [6.07, 6.45) is 0.421. The van der Waals surface area contributed by atoms with Crippen LogP contribution in [-0.4, -0.2) is 39.1 Å². The Morgan fingerprint density at radius 3 is 2.53 bits per heavy atom. The number of carbonyl (C=O) groups excluding carboxylic acids is 1. The summed E-state index contributed by atoms with van der Waals surface area (Å²) in [6.45, 7) is 2.54.